The standard InChI is InChI=1S/C50H33N3/c51-39-28-26-35(27-29-39)45-31-44(34-16-8-3-9-17-34)52-50(53-45)38-24-22-37(23-25-38)47-42(32-12-4-1-5-13-32)30-43(33-14-6-2-7-15-33)48-40-20-10-18-36-19-11-21-41(46(36)40)49(47)48/h1-31H,51H2. The summed E-state index contributed by atoms with van der Waals surface area (Å²) in [4.78, 5) is 10.2. The maximum atomic E-state index is 6.04. The van der Waals surface area contributed by atoms with Gasteiger partial charge in [-0.2, -0.15) is 0 Å². The monoisotopic (exact) mass is 675 g/mol. The van der Waals surface area contributed by atoms with E-state index >= 15 is 0 Å². The fourth-order valence-corrected chi connectivity index (χ4v) is 7.90. The molecule has 0 radical (unpaired) electrons. The van der Waals surface area contributed by atoms with Gasteiger partial charge in [0.25, 0.3) is 0 Å². The van der Waals surface area contributed by atoms with E-state index in [-0.39, 0.29) is 0 Å². The van der Waals surface area contributed by atoms with Gasteiger partial charge in [-0.1, -0.05) is 164 Å². The Bertz CT molecular complexity index is 2790. The van der Waals surface area contributed by atoms with Crippen molar-refractivity contribution in [1.82, 2.24) is 9.97 Å². The summed E-state index contributed by atoms with van der Waals surface area (Å²) in [6, 6.07) is 66.4. The van der Waals surface area contributed by atoms with Crippen LogP contribution in [0.3, 0.4) is 0 Å². The summed E-state index contributed by atoms with van der Waals surface area (Å²) < 4.78 is 0. The molecular weight excluding hydrogens is 643 g/mol. The number of fused-ring (bicyclic) bond motifs is 3. The minimum absolute atomic E-state index is 0.676. The molecule has 1 heterocycles. The third kappa shape index (κ3) is 5.30. The Kier molecular flexibility index (Phi) is 7.29. The molecule has 0 aliphatic heterocycles. The lowest BCUT2D eigenvalue weighted by Crippen LogP contribution is -1.97. The Balaban J connectivity index is 1.20. The van der Waals surface area contributed by atoms with Crippen LogP contribution in [0.4, 0.5) is 5.69 Å². The number of anilines is 1. The molecule has 0 unspecified atom stereocenters. The second-order valence-electron chi connectivity index (χ2n) is 13.6. The van der Waals surface area contributed by atoms with Crippen LogP contribution in [0.5, 0.6) is 0 Å². The summed E-state index contributed by atoms with van der Waals surface area (Å²) in [6.07, 6.45) is 0. The molecule has 1 aliphatic rings. The maximum Gasteiger partial charge on any atom is 0.160 e. The van der Waals surface area contributed by atoms with Crippen LogP contribution in [0, 0.1) is 0 Å². The molecule has 53 heavy (non-hydrogen) atoms. The minimum atomic E-state index is 0.676. The molecule has 3 nitrogen and oxygen atoms in total. The van der Waals surface area contributed by atoms with Crippen LogP contribution in [-0.2, 0) is 0 Å². The highest BCUT2D eigenvalue weighted by Gasteiger charge is 2.30. The molecule has 0 saturated carbocycles. The van der Waals surface area contributed by atoms with Gasteiger partial charge in [-0.3, -0.25) is 0 Å². The smallest absolute Gasteiger partial charge is 0.160 e. The first-order valence-corrected chi connectivity index (χ1v) is 18.0. The van der Waals surface area contributed by atoms with Crippen molar-refractivity contribution in [1.29, 1.82) is 0 Å². The lowest BCUT2D eigenvalue weighted by atomic mass is 9.82. The zero-order valence-corrected chi connectivity index (χ0v) is 28.9. The molecule has 0 amide bonds. The fraction of sp³-hybridized carbons (Fsp3) is 0. The van der Waals surface area contributed by atoms with Crippen molar-refractivity contribution in [3.63, 3.8) is 0 Å². The molecule has 3 heteroatoms. The molecule has 1 aliphatic carbocycles. The summed E-state index contributed by atoms with van der Waals surface area (Å²) >= 11 is 0. The van der Waals surface area contributed by atoms with Gasteiger partial charge in [0.1, 0.15) is 0 Å². The van der Waals surface area contributed by atoms with E-state index in [9.17, 15) is 0 Å². The summed E-state index contributed by atoms with van der Waals surface area (Å²) in [6.45, 7) is 0. The molecule has 0 spiro atoms. The van der Waals surface area contributed by atoms with Gasteiger partial charge in [-0.15, -0.1) is 0 Å². The zero-order chi connectivity index (χ0) is 35.3. The van der Waals surface area contributed by atoms with Crippen LogP contribution >= 0.6 is 0 Å². The first-order valence-electron chi connectivity index (χ1n) is 18.0. The predicted octanol–water partition coefficient (Wildman–Crippen LogP) is 12.9. The van der Waals surface area contributed by atoms with Gasteiger partial charge in [0.15, 0.2) is 5.82 Å². The van der Waals surface area contributed by atoms with Gasteiger partial charge in [-0.05, 0) is 90.7 Å². The van der Waals surface area contributed by atoms with E-state index in [1.807, 2.05) is 42.5 Å². The zero-order valence-electron chi connectivity index (χ0n) is 28.9. The Labute approximate surface area is 308 Å². The van der Waals surface area contributed by atoms with Gasteiger partial charge in [0, 0.05) is 22.4 Å². The van der Waals surface area contributed by atoms with Crippen LogP contribution in [0.2, 0.25) is 0 Å². The molecule has 0 atom stereocenters. The number of nitrogens with zero attached hydrogens (tertiary/aromatic N) is 2. The van der Waals surface area contributed by atoms with Crippen LogP contribution in [0.25, 0.3) is 100 Å². The molecule has 9 aromatic rings. The quantitative estimate of drug-likeness (QED) is 0.179. The normalized spacial score (nSPS) is 11.5. The van der Waals surface area contributed by atoms with E-state index in [0.29, 0.717) is 5.82 Å². The highest BCUT2D eigenvalue weighted by molar-refractivity contribution is 6.22. The number of aromatic nitrogens is 2. The lowest BCUT2D eigenvalue weighted by Gasteiger charge is -2.21. The van der Waals surface area contributed by atoms with Crippen LogP contribution in [0.1, 0.15) is 0 Å². The van der Waals surface area contributed by atoms with Crippen LogP contribution < -0.4 is 5.73 Å². The highest BCUT2D eigenvalue weighted by atomic mass is 14.9. The third-order valence-electron chi connectivity index (χ3n) is 10.4. The number of nitrogen functional groups attached to an aromatic ring is 1. The van der Waals surface area contributed by atoms with E-state index in [4.69, 9.17) is 15.7 Å². The largest absolute Gasteiger partial charge is 0.399 e. The van der Waals surface area contributed by atoms with Crippen molar-refractivity contribution in [3.8, 4) is 89.5 Å². The van der Waals surface area contributed by atoms with Crippen molar-refractivity contribution >= 4 is 16.5 Å². The molecule has 1 aromatic heterocycles. The topological polar surface area (TPSA) is 51.8 Å². The van der Waals surface area contributed by atoms with Crippen molar-refractivity contribution in [3.05, 3.63) is 188 Å². The molecule has 0 fully saturated rings. The number of hydrogen-bond acceptors (Lipinski definition) is 3. The van der Waals surface area contributed by atoms with Crippen LogP contribution in [0.15, 0.2) is 188 Å². The molecule has 2 N–H and O–H groups in total. The maximum absolute atomic E-state index is 6.04. The Morgan fingerprint density at radius 1 is 0.321 bits per heavy atom. The summed E-state index contributed by atoms with van der Waals surface area (Å²) in [7, 11) is 0. The molecule has 0 saturated heterocycles. The van der Waals surface area contributed by atoms with Crippen molar-refractivity contribution < 1.29 is 0 Å². The van der Waals surface area contributed by atoms with Crippen molar-refractivity contribution in [2.75, 3.05) is 5.73 Å². The van der Waals surface area contributed by atoms with Crippen molar-refractivity contribution in [2.45, 2.75) is 0 Å². The number of nitrogens with two attached hydrogens (primary N) is 1. The third-order valence-corrected chi connectivity index (χ3v) is 10.4. The SMILES string of the molecule is Nc1ccc(-c2cc(-c3ccccc3)nc(-c3ccc(-c4c(-c5ccccc5)cc(-c5ccccc5)c5c4-c4cccc6cccc-5c46)cc3)n2)cc1. The predicted molar refractivity (Wildman–Crippen MR) is 221 cm³/mol. The van der Waals surface area contributed by atoms with E-state index in [2.05, 4.69) is 146 Å². The van der Waals surface area contributed by atoms with E-state index in [1.54, 1.807) is 0 Å². The molecule has 8 aromatic carbocycles. The van der Waals surface area contributed by atoms with Crippen molar-refractivity contribution in [2.24, 2.45) is 0 Å². The molecule has 248 valence electrons. The lowest BCUT2D eigenvalue weighted by molar-refractivity contribution is 1.18. The summed E-state index contributed by atoms with van der Waals surface area (Å²) in [5.41, 5.74) is 23.8. The van der Waals surface area contributed by atoms with E-state index in [0.717, 1.165) is 39.3 Å². The van der Waals surface area contributed by atoms with Gasteiger partial charge in [0.2, 0.25) is 0 Å². The van der Waals surface area contributed by atoms with Crippen LogP contribution in [-0.4, -0.2) is 9.97 Å². The second-order valence-corrected chi connectivity index (χ2v) is 13.6. The Morgan fingerprint density at radius 3 is 1.38 bits per heavy atom. The number of rotatable bonds is 6. The molecule has 0 bridgehead atoms. The van der Waals surface area contributed by atoms with Gasteiger partial charge in [0.05, 0.1) is 11.4 Å². The first-order chi connectivity index (χ1) is 26.2. The average Bonchev–Trinajstić information content (AvgIpc) is 3.57. The van der Waals surface area contributed by atoms with E-state index in [1.165, 1.54) is 60.8 Å². The second kappa shape index (κ2) is 12.6. The Morgan fingerprint density at radius 2 is 0.792 bits per heavy atom. The minimum Gasteiger partial charge on any atom is -0.399 e. The number of benzene rings is 8. The molecule has 10 rings (SSSR count). The van der Waals surface area contributed by atoms with Gasteiger partial charge < -0.3 is 5.73 Å². The van der Waals surface area contributed by atoms with E-state index < -0.39 is 0 Å². The summed E-state index contributed by atoms with van der Waals surface area (Å²) in [5.74, 6) is 0.676. The van der Waals surface area contributed by atoms with Gasteiger partial charge >= 0.3 is 0 Å². The Hall–Kier alpha value is -7.10. The number of hydrogen-bond donors (Lipinski definition) is 1. The molecular formula is C50H33N3. The fourth-order valence-electron chi connectivity index (χ4n) is 7.90. The highest BCUT2D eigenvalue weighted by Crippen LogP contribution is 2.57. The first kappa shape index (κ1) is 30.7. The summed E-state index contributed by atoms with van der Waals surface area (Å²) in [5, 5.41) is 2.57. The van der Waals surface area contributed by atoms with Gasteiger partial charge in [-0.25, -0.2) is 9.97 Å². The average molecular weight is 676 g/mol.